The number of para-hydroxylation sites is 1. The van der Waals surface area contributed by atoms with Gasteiger partial charge in [-0.25, -0.2) is 19.3 Å². The number of fused-ring (bicyclic) bond motifs is 5. The lowest BCUT2D eigenvalue weighted by molar-refractivity contribution is -0.144. The molecule has 212 valence electrons. The molecule has 3 aliphatic rings. The predicted molar refractivity (Wildman–Crippen MR) is 141 cm³/mol. The van der Waals surface area contributed by atoms with Crippen LogP contribution in [0.25, 0.3) is 22.2 Å². The van der Waals surface area contributed by atoms with Gasteiger partial charge in [0.05, 0.1) is 23.0 Å². The molecule has 5 atom stereocenters. The molecule has 2 bridgehead atoms. The fourth-order valence-corrected chi connectivity index (χ4v) is 6.98. The number of nitrogens with zero attached hydrogens (tertiary/aromatic N) is 5. The molecule has 2 aromatic carbocycles. The van der Waals surface area contributed by atoms with Crippen molar-refractivity contribution in [2.75, 3.05) is 18.0 Å². The quantitative estimate of drug-likeness (QED) is 0.343. The van der Waals surface area contributed by atoms with E-state index in [1.807, 2.05) is 4.90 Å². The molecule has 1 aliphatic carbocycles. The van der Waals surface area contributed by atoms with Crippen LogP contribution in [0, 0.1) is 23.6 Å². The first-order valence-corrected chi connectivity index (χ1v) is 13.5. The maximum absolute atomic E-state index is 15.3. The number of benzene rings is 2. The average molecular weight is 566 g/mol. The highest BCUT2D eigenvalue weighted by Gasteiger charge is 2.46. The Kier molecular flexibility index (Phi) is 6.11. The second-order valence-electron chi connectivity index (χ2n) is 11.0. The smallest absolute Gasteiger partial charge is 0.387 e. The Bertz CT molecular complexity index is 1630. The Morgan fingerprint density at radius 3 is 2.46 bits per heavy atom. The van der Waals surface area contributed by atoms with Crippen LogP contribution in [0.4, 0.5) is 19.1 Å². The Morgan fingerprint density at radius 1 is 1.07 bits per heavy atom. The van der Waals surface area contributed by atoms with Crippen LogP contribution >= 0.6 is 0 Å². The third kappa shape index (κ3) is 4.28. The molecule has 2 N–H and O–H groups in total. The van der Waals surface area contributed by atoms with Crippen LogP contribution in [0.5, 0.6) is 5.75 Å². The molecule has 4 heterocycles. The zero-order valence-corrected chi connectivity index (χ0v) is 21.7. The molecule has 9 nitrogen and oxygen atoms in total. The summed E-state index contributed by atoms with van der Waals surface area (Å²) in [6.45, 7) is -1.88. The van der Waals surface area contributed by atoms with E-state index in [1.54, 1.807) is 28.8 Å². The number of carbonyl (C=O) groups is 1. The van der Waals surface area contributed by atoms with Gasteiger partial charge in [0.25, 0.3) is 0 Å². The van der Waals surface area contributed by atoms with E-state index in [0.29, 0.717) is 47.0 Å². The highest BCUT2D eigenvalue weighted by atomic mass is 19.3. The minimum atomic E-state index is -3.01. The van der Waals surface area contributed by atoms with Gasteiger partial charge in [-0.1, -0.05) is 18.2 Å². The zero-order valence-electron chi connectivity index (χ0n) is 21.7. The topological polar surface area (TPSA) is 114 Å². The van der Waals surface area contributed by atoms with Gasteiger partial charge in [-0.2, -0.15) is 8.78 Å². The van der Waals surface area contributed by atoms with E-state index in [0.717, 1.165) is 12.8 Å². The first-order valence-electron chi connectivity index (χ1n) is 13.5. The normalized spacial score (nSPS) is 25.2. The van der Waals surface area contributed by atoms with Crippen molar-refractivity contribution in [3.8, 4) is 16.9 Å². The molecule has 4 aromatic rings. The lowest BCUT2D eigenvalue weighted by Crippen LogP contribution is -2.45. The molecule has 2 aromatic heterocycles. The van der Waals surface area contributed by atoms with Gasteiger partial charge >= 0.3 is 12.6 Å². The second kappa shape index (κ2) is 9.72. The number of carboxylic acid groups (broad SMARTS) is 1. The van der Waals surface area contributed by atoms with Crippen molar-refractivity contribution in [3.05, 3.63) is 66.0 Å². The van der Waals surface area contributed by atoms with Gasteiger partial charge in [0.1, 0.15) is 23.5 Å². The molecule has 41 heavy (non-hydrogen) atoms. The number of carboxylic acids is 1. The maximum Gasteiger partial charge on any atom is 0.387 e. The SMILES string of the molecule is O=C(O)C1[C@@H]2CC[C@H]1CN(c1ncc(-c3cc4c(cc3F)nc3n4[C@@H](c4ccccc4OC(F)F)C[C@H]3O)cn1)C2. The predicted octanol–water partition coefficient (Wildman–Crippen LogP) is 4.81. The number of piperidine rings is 1. The summed E-state index contributed by atoms with van der Waals surface area (Å²) >= 11 is 0. The summed E-state index contributed by atoms with van der Waals surface area (Å²) in [5.74, 6) is -0.722. The van der Waals surface area contributed by atoms with Crippen LogP contribution < -0.4 is 9.64 Å². The molecule has 1 saturated carbocycles. The van der Waals surface area contributed by atoms with Gasteiger partial charge < -0.3 is 24.4 Å². The lowest BCUT2D eigenvalue weighted by Gasteiger charge is -2.35. The van der Waals surface area contributed by atoms with Crippen LogP contribution in [0.15, 0.2) is 48.8 Å². The summed E-state index contributed by atoms with van der Waals surface area (Å²) in [5.41, 5.74) is 1.98. The first-order chi connectivity index (χ1) is 19.8. The second-order valence-corrected chi connectivity index (χ2v) is 11.0. The number of aromatic nitrogens is 4. The summed E-state index contributed by atoms with van der Waals surface area (Å²) in [6.07, 6.45) is 4.04. The van der Waals surface area contributed by atoms with Crippen LogP contribution in [0.3, 0.4) is 0 Å². The number of imidazole rings is 1. The molecule has 0 spiro atoms. The van der Waals surface area contributed by atoms with Crippen molar-refractivity contribution in [1.82, 2.24) is 19.5 Å². The summed E-state index contributed by atoms with van der Waals surface area (Å²) in [6, 6.07) is 8.75. The van der Waals surface area contributed by atoms with Crippen molar-refractivity contribution >= 4 is 23.0 Å². The van der Waals surface area contributed by atoms with E-state index >= 15 is 4.39 Å². The highest BCUT2D eigenvalue weighted by molar-refractivity contribution is 5.83. The highest BCUT2D eigenvalue weighted by Crippen LogP contribution is 2.45. The summed E-state index contributed by atoms with van der Waals surface area (Å²) in [4.78, 5) is 27.1. The number of alkyl halides is 2. The van der Waals surface area contributed by atoms with Gasteiger partial charge in [-0.3, -0.25) is 4.79 Å². The summed E-state index contributed by atoms with van der Waals surface area (Å²) in [7, 11) is 0. The lowest BCUT2D eigenvalue weighted by atomic mass is 9.85. The minimum absolute atomic E-state index is 0.00143. The standard InChI is InChI=1S/C29H26F3N5O4/c30-19-8-20-22(37-21(9-23(38)26(37)35-20)17-3-1-2-4-24(17)41-28(31)32)7-18(19)16-10-33-29(34-11-16)36-12-14-5-6-15(13-36)25(14)27(39)40/h1-4,7-8,10-11,14-15,21,23,25,28,38H,5-6,9,12-13H2,(H,39,40)/t14-,15+,21-,23-,25?/m1/s1. The Morgan fingerprint density at radius 2 is 1.78 bits per heavy atom. The van der Waals surface area contributed by atoms with E-state index < -0.39 is 30.5 Å². The van der Waals surface area contributed by atoms with Gasteiger partial charge in [0.2, 0.25) is 5.95 Å². The zero-order chi connectivity index (χ0) is 28.4. The van der Waals surface area contributed by atoms with Gasteiger partial charge in [-0.05, 0) is 36.8 Å². The van der Waals surface area contributed by atoms with E-state index in [4.69, 9.17) is 4.74 Å². The molecular formula is C29H26F3N5O4. The van der Waals surface area contributed by atoms with Crippen molar-refractivity contribution < 1.29 is 32.9 Å². The summed E-state index contributed by atoms with van der Waals surface area (Å²) in [5, 5.41) is 20.3. The third-order valence-electron chi connectivity index (χ3n) is 8.71. The maximum atomic E-state index is 15.3. The number of aliphatic carboxylic acids is 1. The number of hydrogen-bond acceptors (Lipinski definition) is 7. The molecule has 0 radical (unpaired) electrons. The number of hydrogen-bond donors (Lipinski definition) is 2. The third-order valence-corrected chi connectivity index (χ3v) is 8.71. The van der Waals surface area contributed by atoms with Crippen molar-refractivity contribution in [2.45, 2.75) is 38.0 Å². The largest absolute Gasteiger partial charge is 0.481 e. The molecule has 2 fully saturated rings. The molecule has 12 heteroatoms. The number of aliphatic hydroxyl groups excluding tert-OH is 1. The monoisotopic (exact) mass is 565 g/mol. The summed E-state index contributed by atoms with van der Waals surface area (Å²) < 4.78 is 48.0. The van der Waals surface area contributed by atoms with E-state index in [2.05, 4.69) is 15.0 Å². The van der Waals surface area contributed by atoms with Gasteiger partial charge in [0.15, 0.2) is 0 Å². The van der Waals surface area contributed by atoms with E-state index in [1.165, 1.54) is 24.5 Å². The van der Waals surface area contributed by atoms with Crippen LogP contribution in [-0.4, -0.2) is 55.4 Å². The Labute approximate surface area is 232 Å². The fourth-order valence-electron chi connectivity index (χ4n) is 6.98. The fraction of sp³-hybridized carbons (Fsp3) is 0.379. The Hall–Kier alpha value is -4.19. The minimum Gasteiger partial charge on any atom is -0.481 e. The van der Waals surface area contributed by atoms with Gasteiger partial charge in [0, 0.05) is 54.7 Å². The number of halogens is 3. The van der Waals surface area contributed by atoms with Crippen LogP contribution in [0.1, 0.15) is 42.8 Å². The van der Waals surface area contributed by atoms with Crippen molar-refractivity contribution in [3.63, 3.8) is 0 Å². The number of rotatable bonds is 6. The molecule has 1 saturated heterocycles. The molecule has 2 aliphatic heterocycles. The van der Waals surface area contributed by atoms with E-state index in [-0.39, 0.29) is 35.5 Å². The Balaban J connectivity index is 1.22. The van der Waals surface area contributed by atoms with Crippen LogP contribution in [0.2, 0.25) is 0 Å². The average Bonchev–Trinajstić information content (AvgIpc) is 3.56. The molecule has 0 amide bonds. The van der Waals surface area contributed by atoms with Crippen molar-refractivity contribution in [1.29, 1.82) is 0 Å². The van der Waals surface area contributed by atoms with Crippen molar-refractivity contribution in [2.24, 2.45) is 17.8 Å². The molecular weight excluding hydrogens is 539 g/mol. The van der Waals surface area contributed by atoms with Gasteiger partial charge in [-0.15, -0.1) is 0 Å². The van der Waals surface area contributed by atoms with Crippen LogP contribution in [-0.2, 0) is 4.79 Å². The molecule has 1 unspecified atom stereocenters. The first kappa shape index (κ1) is 25.8. The number of ether oxygens (including phenoxy) is 1. The number of anilines is 1. The van der Waals surface area contributed by atoms with E-state index in [9.17, 15) is 23.8 Å². The number of aliphatic hydroxyl groups is 1. The molecule has 7 rings (SSSR count).